The fourth-order valence-corrected chi connectivity index (χ4v) is 0.851. The molecule has 0 rings (SSSR count). The molecule has 0 aromatic heterocycles. The predicted molar refractivity (Wildman–Crippen MR) is 50.1 cm³/mol. The first-order chi connectivity index (χ1) is 4.81. The molecule has 0 bridgehead atoms. The molecule has 0 saturated heterocycles. The number of rotatable bonds is 5. The Hall–Kier alpha value is -0.395. The van der Waals surface area contributed by atoms with E-state index in [0.717, 1.165) is 6.42 Å². The van der Waals surface area contributed by atoms with E-state index >= 15 is 0 Å². The molecule has 0 N–H and O–H groups in total. The van der Waals surface area contributed by atoms with E-state index in [1.165, 1.54) is 25.0 Å². The van der Waals surface area contributed by atoms with Gasteiger partial charge >= 0.3 is 63.7 Å². The molecule has 0 aliphatic rings. The van der Waals surface area contributed by atoms with Gasteiger partial charge in [-0.3, -0.25) is 0 Å². The first-order valence-corrected chi connectivity index (χ1v) is 3.95. The second-order valence-electron chi connectivity index (χ2n) is 2.50. The molecule has 0 aromatic carbocycles. The monoisotopic (exact) mass is 137 g/mol. The van der Waals surface area contributed by atoms with Crippen molar-refractivity contribution in [2.24, 2.45) is 4.90 Å². The van der Waals surface area contributed by atoms with Gasteiger partial charge in [0.25, 0.3) is 0 Å². The second-order valence-corrected chi connectivity index (χ2v) is 2.50. The van der Waals surface area contributed by atoms with Gasteiger partial charge in [0.2, 0.25) is 0 Å². The molecule has 0 amide bonds. The Balaban J connectivity index is 3.29. The average Bonchev–Trinajstić information content (AvgIpc) is 1.89. The van der Waals surface area contributed by atoms with Crippen LogP contribution in [0.3, 0.4) is 0 Å². The van der Waals surface area contributed by atoms with E-state index in [2.05, 4.69) is 25.2 Å². The molecule has 1 nitrogen and oxygen atoms in total. The van der Waals surface area contributed by atoms with Crippen LogP contribution in [0.4, 0.5) is 0 Å². The summed E-state index contributed by atoms with van der Waals surface area (Å²) in [7, 11) is 1.61. The van der Waals surface area contributed by atoms with E-state index in [1.54, 1.807) is 7.06 Å². The zero-order valence-electron chi connectivity index (χ0n) is 7.06. The van der Waals surface area contributed by atoms with Crippen LogP contribution in [0.25, 0.3) is 0 Å². The van der Waals surface area contributed by atoms with Crippen LogP contribution < -0.4 is 0 Å². The van der Waals surface area contributed by atoms with E-state index in [-0.39, 0.29) is 0 Å². The Kier molecular flexibility index (Phi) is 6.46. The summed E-state index contributed by atoms with van der Waals surface area (Å²) in [5, 5.41) is 0. The summed E-state index contributed by atoms with van der Waals surface area (Å²) in [6.45, 7) is 7.80. The van der Waals surface area contributed by atoms with Crippen molar-refractivity contribution in [3.63, 3.8) is 0 Å². The van der Waals surface area contributed by atoms with E-state index < -0.39 is 0 Å². The van der Waals surface area contributed by atoms with Crippen molar-refractivity contribution in [3.05, 3.63) is 0 Å². The number of nitrogens with zero attached hydrogens (tertiary/aromatic N) is 1. The summed E-state index contributed by atoms with van der Waals surface area (Å²) in [5.74, 6) is 0. The zero-order valence-corrected chi connectivity index (χ0v) is 7.06. The fourth-order valence-electron chi connectivity index (χ4n) is 0.851. The molecule has 0 fully saturated rings. The van der Waals surface area contributed by atoms with Crippen molar-refractivity contribution >= 4 is 19.2 Å². The summed E-state index contributed by atoms with van der Waals surface area (Å²) in [6.07, 6.45) is 4.98. The number of unbranched alkanes of at least 4 members (excludes halogenated alkanes) is 2. The van der Waals surface area contributed by atoms with Gasteiger partial charge in [-0.15, -0.1) is 0 Å². The van der Waals surface area contributed by atoms with E-state index in [4.69, 9.17) is 0 Å². The Labute approximate surface area is 64.5 Å². The van der Waals surface area contributed by atoms with Gasteiger partial charge in [-0.1, -0.05) is 0 Å². The average molecular weight is 137 g/mol. The van der Waals surface area contributed by atoms with Crippen LogP contribution in [0.5, 0.6) is 0 Å². The van der Waals surface area contributed by atoms with Gasteiger partial charge in [0.1, 0.15) is 0 Å². The molecule has 0 aliphatic carbocycles. The minimum absolute atomic E-state index is 1.12. The quantitative estimate of drug-likeness (QED) is 0.312. The molecule has 2 heteroatoms. The van der Waals surface area contributed by atoms with Gasteiger partial charge in [-0.05, 0) is 0 Å². The molecular formula is C8H16BN. The van der Waals surface area contributed by atoms with Gasteiger partial charge in [0.05, 0.1) is 0 Å². The van der Waals surface area contributed by atoms with Crippen molar-refractivity contribution in [1.82, 2.24) is 0 Å². The molecule has 56 valence electrons. The molecule has 0 heterocycles. The third-order valence-corrected chi connectivity index (χ3v) is 1.45. The van der Waals surface area contributed by atoms with Crippen LogP contribution in [0.15, 0.2) is 4.90 Å². The van der Waals surface area contributed by atoms with E-state index in [0.29, 0.717) is 0 Å². The Bertz CT molecular complexity index is 118. The van der Waals surface area contributed by atoms with Gasteiger partial charge in [-0.25, -0.2) is 0 Å². The maximum atomic E-state index is 4.08. The molecule has 0 radical (unpaired) electrons. The molecule has 0 atom stereocenters. The van der Waals surface area contributed by atoms with Gasteiger partial charge in [-0.2, -0.15) is 0 Å². The maximum absolute atomic E-state index is 4.08. The normalized spacial score (nSPS) is 11.2. The zero-order chi connectivity index (χ0) is 7.82. The molecule has 0 aromatic rings. The third-order valence-electron chi connectivity index (χ3n) is 1.45. The van der Waals surface area contributed by atoms with Crippen LogP contribution >= 0.6 is 0 Å². The minimum atomic E-state index is 1.12. The summed E-state index contributed by atoms with van der Waals surface area (Å²) >= 11 is 0. The Morgan fingerprint density at radius 3 is 2.70 bits per heavy atom. The topological polar surface area (TPSA) is 12.4 Å². The van der Waals surface area contributed by atoms with Crippen molar-refractivity contribution < 1.29 is 0 Å². The molecule has 10 heavy (non-hydrogen) atoms. The molecule has 0 spiro atoms. The standard InChI is InChI=1S/C8H16BN/c1-4-5-6-7-8(2)10-9-3/h3-7H2,1-2H3/b10-8-. The molecule has 0 aliphatic heterocycles. The van der Waals surface area contributed by atoms with Crippen LogP contribution in [-0.4, -0.2) is 19.2 Å². The Morgan fingerprint density at radius 1 is 1.50 bits per heavy atom. The first kappa shape index (κ1) is 9.60. The van der Waals surface area contributed by atoms with Crippen molar-refractivity contribution in [2.75, 3.05) is 0 Å². The SMILES string of the molecule is C=B/N=C(/C)CCCCC. The van der Waals surface area contributed by atoms with Gasteiger partial charge < -0.3 is 0 Å². The van der Waals surface area contributed by atoms with Crippen LogP contribution in [-0.2, 0) is 0 Å². The molecular weight excluding hydrogens is 121 g/mol. The van der Waals surface area contributed by atoms with Crippen molar-refractivity contribution in [1.29, 1.82) is 0 Å². The molecule has 0 saturated carbocycles. The third kappa shape index (κ3) is 5.74. The van der Waals surface area contributed by atoms with Crippen LogP contribution in [0, 0.1) is 0 Å². The summed E-state index contributed by atoms with van der Waals surface area (Å²) in [5.41, 5.74) is 1.20. The van der Waals surface area contributed by atoms with Crippen molar-refractivity contribution in [2.45, 2.75) is 39.5 Å². The van der Waals surface area contributed by atoms with Crippen molar-refractivity contribution in [3.8, 4) is 0 Å². The summed E-state index contributed by atoms with van der Waals surface area (Å²) in [6, 6.07) is 0. The summed E-state index contributed by atoms with van der Waals surface area (Å²) in [4.78, 5) is 4.08. The summed E-state index contributed by atoms with van der Waals surface area (Å²) < 4.78 is 0. The number of hydrogen-bond donors (Lipinski definition) is 0. The van der Waals surface area contributed by atoms with Crippen LogP contribution in [0.2, 0.25) is 0 Å². The fraction of sp³-hybridized carbons (Fsp3) is 0.750. The van der Waals surface area contributed by atoms with E-state index in [1.807, 2.05) is 0 Å². The number of hydrogen-bond acceptors (Lipinski definition) is 1. The van der Waals surface area contributed by atoms with Gasteiger partial charge in [0.15, 0.2) is 0 Å². The first-order valence-electron chi connectivity index (χ1n) is 3.95. The predicted octanol–water partition coefficient (Wildman–Crippen LogP) is 2.08. The molecule has 0 unspecified atom stereocenters. The van der Waals surface area contributed by atoms with Gasteiger partial charge in [0, 0.05) is 0 Å². The Morgan fingerprint density at radius 2 is 2.20 bits per heavy atom. The van der Waals surface area contributed by atoms with Crippen LogP contribution in [0.1, 0.15) is 39.5 Å². The second kappa shape index (κ2) is 6.72. The van der Waals surface area contributed by atoms with E-state index in [9.17, 15) is 0 Å².